The summed E-state index contributed by atoms with van der Waals surface area (Å²) in [5.41, 5.74) is 9.86. The van der Waals surface area contributed by atoms with Gasteiger partial charge in [0.25, 0.3) is 0 Å². The van der Waals surface area contributed by atoms with Gasteiger partial charge in [-0.05, 0) is 84.5 Å². The number of amides is 1. The number of nitrogens with one attached hydrogen (secondary N) is 1. The van der Waals surface area contributed by atoms with Crippen molar-refractivity contribution in [3.63, 3.8) is 0 Å². The van der Waals surface area contributed by atoms with Crippen LogP contribution < -0.4 is 5.32 Å². The molecule has 0 bridgehead atoms. The van der Waals surface area contributed by atoms with Crippen LogP contribution in [0.4, 0.5) is 0 Å². The number of aliphatic hydroxyl groups is 1. The third-order valence-electron chi connectivity index (χ3n) is 8.49. The first-order valence-corrected chi connectivity index (χ1v) is 15.1. The maximum absolute atomic E-state index is 13.0. The van der Waals surface area contributed by atoms with Gasteiger partial charge < -0.3 is 10.4 Å². The predicted molar refractivity (Wildman–Crippen MR) is 167 cm³/mol. The van der Waals surface area contributed by atoms with Gasteiger partial charge in [0.1, 0.15) is 0 Å². The molecule has 2 aromatic heterocycles. The number of aromatic nitrogens is 2. The van der Waals surface area contributed by atoms with Crippen molar-refractivity contribution in [1.29, 1.82) is 0 Å². The van der Waals surface area contributed by atoms with E-state index >= 15 is 0 Å². The summed E-state index contributed by atoms with van der Waals surface area (Å²) in [6.07, 6.45) is 7.78. The minimum Gasteiger partial charge on any atom is -0.392 e. The molecule has 2 heterocycles. The number of nitrogens with zero attached hydrogens (tertiary/aromatic N) is 3. The fraction of sp³-hybridized carbons (Fsp3) is 0.361. The summed E-state index contributed by atoms with van der Waals surface area (Å²) in [6, 6.07) is 22.7. The molecule has 0 spiro atoms. The van der Waals surface area contributed by atoms with Crippen LogP contribution in [0.15, 0.2) is 79.1 Å². The van der Waals surface area contributed by atoms with Gasteiger partial charge in [-0.3, -0.25) is 19.7 Å². The topological polar surface area (TPSA) is 78.4 Å². The molecule has 1 amide bonds. The molecule has 0 fully saturated rings. The molecule has 218 valence electrons. The van der Waals surface area contributed by atoms with Gasteiger partial charge in [-0.15, -0.1) is 0 Å². The van der Waals surface area contributed by atoms with Crippen molar-refractivity contribution in [2.24, 2.45) is 0 Å². The molecule has 2 atom stereocenters. The Labute approximate surface area is 249 Å². The SMILES string of the molecule is CCC(C(=O)NCc1ccc(CN(Cc2ncc(C)cc2C)[C@@H]2CCCc3cccnc32)c(CO)c1)c1ccccc1. The predicted octanol–water partition coefficient (Wildman–Crippen LogP) is 6.48. The van der Waals surface area contributed by atoms with Crippen LogP contribution in [0.25, 0.3) is 0 Å². The highest BCUT2D eigenvalue weighted by molar-refractivity contribution is 5.83. The van der Waals surface area contributed by atoms with Gasteiger partial charge in [-0.2, -0.15) is 0 Å². The number of aliphatic hydroxyl groups excluding tert-OH is 1. The molecule has 0 aliphatic heterocycles. The van der Waals surface area contributed by atoms with E-state index in [-0.39, 0.29) is 24.5 Å². The van der Waals surface area contributed by atoms with Crippen molar-refractivity contribution in [1.82, 2.24) is 20.2 Å². The molecule has 0 saturated carbocycles. The van der Waals surface area contributed by atoms with Gasteiger partial charge in [0.05, 0.1) is 30.0 Å². The molecule has 0 radical (unpaired) electrons. The lowest BCUT2D eigenvalue weighted by molar-refractivity contribution is -0.122. The maximum Gasteiger partial charge on any atom is 0.227 e. The Bertz CT molecular complexity index is 1500. The summed E-state index contributed by atoms with van der Waals surface area (Å²) in [4.78, 5) is 25.1. The average Bonchev–Trinajstić information content (AvgIpc) is 3.02. The van der Waals surface area contributed by atoms with Crippen LogP contribution in [0.3, 0.4) is 0 Å². The fourth-order valence-corrected chi connectivity index (χ4v) is 6.20. The third-order valence-corrected chi connectivity index (χ3v) is 8.49. The van der Waals surface area contributed by atoms with Crippen LogP contribution >= 0.6 is 0 Å². The molecule has 1 unspecified atom stereocenters. The lowest BCUT2D eigenvalue weighted by Crippen LogP contribution is -2.32. The van der Waals surface area contributed by atoms with E-state index in [4.69, 9.17) is 9.97 Å². The van der Waals surface area contributed by atoms with E-state index in [1.54, 1.807) is 0 Å². The molecule has 1 aliphatic rings. The maximum atomic E-state index is 13.0. The third kappa shape index (κ3) is 6.94. The van der Waals surface area contributed by atoms with Gasteiger partial charge in [0.2, 0.25) is 5.91 Å². The Kier molecular flexibility index (Phi) is 9.78. The highest BCUT2D eigenvalue weighted by Crippen LogP contribution is 2.35. The first-order chi connectivity index (χ1) is 20.5. The van der Waals surface area contributed by atoms with Crippen molar-refractivity contribution >= 4 is 5.91 Å². The average molecular weight is 563 g/mol. The second-order valence-electron chi connectivity index (χ2n) is 11.5. The number of benzene rings is 2. The Hall–Kier alpha value is -3.87. The molecule has 0 saturated heterocycles. The van der Waals surface area contributed by atoms with Gasteiger partial charge in [-0.1, -0.05) is 67.6 Å². The number of hydrogen-bond donors (Lipinski definition) is 2. The number of carbonyl (C=O) groups excluding carboxylic acids is 1. The molecule has 6 nitrogen and oxygen atoms in total. The zero-order valence-electron chi connectivity index (χ0n) is 25.0. The standard InChI is InChI=1S/C36H42N4O2/c1-4-32(28-10-6-5-7-11-28)36(42)39-21-27-15-16-30(31(19-27)24-41)22-40(23-33-26(3)18-25(2)20-38-33)34-14-8-12-29-13-9-17-37-35(29)34/h5-7,9-11,13,15-20,32,34,41H,4,8,12,14,21-24H2,1-3H3,(H,39,42)/t32?,34-/m1/s1. The lowest BCUT2D eigenvalue weighted by Gasteiger charge is -2.35. The monoisotopic (exact) mass is 562 g/mol. The van der Waals surface area contributed by atoms with E-state index in [0.717, 1.165) is 64.9 Å². The van der Waals surface area contributed by atoms with E-state index in [0.29, 0.717) is 19.6 Å². The first-order valence-electron chi connectivity index (χ1n) is 15.1. The molecule has 2 N–H and O–H groups in total. The zero-order valence-corrected chi connectivity index (χ0v) is 25.0. The number of fused-ring (bicyclic) bond motifs is 1. The lowest BCUT2D eigenvalue weighted by atomic mass is 9.90. The van der Waals surface area contributed by atoms with Crippen LogP contribution in [0.5, 0.6) is 0 Å². The molecule has 2 aromatic carbocycles. The Morgan fingerprint density at radius 1 is 1.02 bits per heavy atom. The van der Waals surface area contributed by atoms with Gasteiger partial charge in [0, 0.05) is 32.0 Å². The van der Waals surface area contributed by atoms with Crippen molar-refractivity contribution in [3.8, 4) is 0 Å². The Morgan fingerprint density at radius 2 is 1.86 bits per heavy atom. The van der Waals surface area contributed by atoms with Crippen LogP contribution in [0.2, 0.25) is 0 Å². The van der Waals surface area contributed by atoms with Crippen molar-refractivity contribution in [2.45, 2.75) is 84.7 Å². The minimum atomic E-state index is -0.179. The fourth-order valence-electron chi connectivity index (χ4n) is 6.20. The van der Waals surface area contributed by atoms with Crippen LogP contribution in [-0.2, 0) is 37.5 Å². The minimum absolute atomic E-state index is 0.0222. The smallest absolute Gasteiger partial charge is 0.227 e. The summed E-state index contributed by atoms with van der Waals surface area (Å²) >= 11 is 0. The van der Waals surface area contributed by atoms with E-state index in [2.05, 4.69) is 48.3 Å². The molecule has 4 aromatic rings. The molecule has 42 heavy (non-hydrogen) atoms. The van der Waals surface area contributed by atoms with Crippen LogP contribution in [-0.4, -0.2) is 25.9 Å². The zero-order chi connectivity index (χ0) is 29.5. The van der Waals surface area contributed by atoms with E-state index in [9.17, 15) is 9.90 Å². The number of aryl methyl sites for hydroxylation is 3. The van der Waals surface area contributed by atoms with E-state index in [1.165, 1.54) is 11.1 Å². The second-order valence-corrected chi connectivity index (χ2v) is 11.5. The van der Waals surface area contributed by atoms with Crippen molar-refractivity contribution in [3.05, 3.63) is 129 Å². The van der Waals surface area contributed by atoms with E-state index in [1.807, 2.05) is 61.8 Å². The highest BCUT2D eigenvalue weighted by atomic mass is 16.3. The second kappa shape index (κ2) is 13.9. The van der Waals surface area contributed by atoms with Gasteiger partial charge in [-0.25, -0.2) is 0 Å². The summed E-state index contributed by atoms with van der Waals surface area (Å²) in [6.45, 7) is 7.97. The van der Waals surface area contributed by atoms with Crippen LogP contribution in [0.1, 0.15) is 88.5 Å². The highest BCUT2D eigenvalue weighted by Gasteiger charge is 2.28. The summed E-state index contributed by atoms with van der Waals surface area (Å²) in [7, 11) is 0. The summed E-state index contributed by atoms with van der Waals surface area (Å²) in [5.74, 6) is -0.156. The molecular formula is C36H42N4O2. The quantitative estimate of drug-likeness (QED) is 0.219. The number of carbonyl (C=O) groups is 1. The van der Waals surface area contributed by atoms with E-state index < -0.39 is 0 Å². The summed E-state index contributed by atoms with van der Waals surface area (Å²) < 4.78 is 0. The molecule has 1 aliphatic carbocycles. The number of pyridine rings is 2. The van der Waals surface area contributed by atoms with Crippen molar-refractivity contribution in [2.75, 3.05) is 0 Å². The first kappa shape index (κ1) is 29.6. The van der Waals surface area contributed by atoms with Gasteiger partial charge in [0.15, 0.2) is 0 Å². The number of rotatable bonds is 11. The van der Waals surface area contributed by atoms with Gasteiger partial charge >= 0.3 is 0 Å². The number of hydrogen-bond acceptors (Lipinski definition) is 5. The molecule has 6 heteroatoms. The van der Waals surface area contributed by atoms with Crippen molar-refractivity contribution < 1.29 is 9.90 Å². The molecule has 5 rings (SSSR count). The van der Waals surface area contributed by atoms with Crippen LogP contribution in [0, 0.1) is 13.8 Å². The summed E-state index contributed by atoms with van der Waals surface area (Å²) in [5, 5.41) is 13.5. The Morgan fingerprint density at radius 3 is 2.62 bits per heavy atom. The largest absolute Gasteiger partial charge is 0.392 e. The molecular weight excluding hydrogens is 520 g/mol. The normalized spacial score (nSPS) is 15.3. The Balaban J connectivity index is 1.37.